The molecule has 2 atom stereocenters. The van der Waals surface area contributed by atoms with E-state index in [1.54, 1.807) is 0 Å². The number of piperidine rings is 2. The summed E-state index contributed by atoms with van der Waals surface area (Å²) in [5, 5.41) is 6.13. The fourth-order valence-corrected chi connectivity index (χ4v) is 10.5. The van der Waals surface area contributed by atoms with Crippen molar-refractivity contribution in [3.05, 3.63) is 98.4 Å². The van der Waals surface area contributed by atoms with Gasteiger partial charge in [0.05, 0.1) is 22.7 Å². The van der Waals surface area contributed by atoms with E-state index in [0.717, 1.165) is 97.5 Å². The molecule has 6 aliphatic rings. The summed E-state index contributed by atoms with van der Waals surface area (Å²) in [6, 6.07) is 15.4. The molecule has 5 heterocycles. The Balaban J connectivity index is 0.733. The third-order valence-corrected chi connectivity index (χ3v) is 13.6. The van der Waals surface area contributed by atoms with Crippen molar-refractivity contribution in [3.63, 3.8) is 0 Å². The number of hydrogen-bond acceptors (Lipinski definition) is 8. The van der Waals surface area contributed by atoms with E-state index >= 15 is 0 Å². The summed E-state index contributed by atoms with van der Waals surface area (Å²) in [5.74, 6) is -1.42. The van der Waals surface area contributed by atoms with Crippen molar-refractivity contribution in [2.45, 2.75) is 102 Å². The van der Waals surface area contributed by atoms with E-state index in [0.29, 0.717) is 58.5 Å². The Kier molecular flexibility index (Phi) is 9.77. The molecule has 0 aromatic heterocycles. The average molecular weight is 788 g/mol. The first kappa shape index (κ1) is 37.3. The van der Waals surface area contributed by atoms with Crippen LogP contribution in [-0.2, 0) is 29.1 Å². The Morgan fingerprint density at radius 2 is 1.56 bits per heavy atom. The van der Waals surface area contributed by atoms with Crippen LogP contribution in [0.25, 0.3) is 4.85 Å². The summed E-state index contributed by atoms with van der Waals surface area (Å²) in [6.45, 7) is 13.9. The standard InChI is InChI=1S/C44H46ClN7O5/c1-25-19-35-37(12-11-36(46-2)40(35)45)51(25)32-9-5-30(6-10-32)47-41(54)27-3-7-31(8-4-27)50-17-15-26(16-18-50)22-49-23-28-20-33-34(21-29(28)24-49)44(57)52(43(33)56)38-13-14-39(53)48-42(38)55/h3-4,7-8,11-12,20-21,25-26,30,32,38H,5-6,9-10,13-19,22-24H2,1H3,(H,47,54)(H,48,53,55)/t25-,30?,32?,38?/m0/s1. The van der Waals surface area contributed by atoms with Crippen LogP contribution in [0.3, 0.4) is 0 Å². The van der Waals surface area contributed by atoms with Gasteiger partial charge in [-0.3, -0.25) is 39.1 Å². The van der Waals surface area contributed by atoms with Crippen LogP contribution in [0.15, 0.2) is 48.5 Å². The fourth-order valence-electron chi connectivity index (χ4n) is 10.2. The smallest absolute Gasteiger partial charge is 0.262 e. The molecular formula is C44H46ClN7O5. The summed E-state index contributed by atoms with van der Waals surface area (Å²) < 4.78 is 0. The first-order valence-corrected chi connectivity index (χ1v) is 20.7. The van der Waals surface area contributed by atoms with E-state index in [-0.39, 0.29) is 30.7 Å². The van der Waals surface area contributed by atoms with Crippen LogP contribution in [0.1, 0.15) is 106 Å². The van der Waals surface area contributed by atoms with Gasteiger partial charge in [0.15, 0.2) is 0 Å². The number of nitrogens with zero attached hydrogens (tertiary/aromatic N) is 5. The number of imide groups is 2. The number of rotatable bonds is 7. The van der Waals surface area contributed by atoms with Gasteiger partial charge < -0.3 is 15.1 Å². The minimum Gasteiger partial charge on any atom is -0.372 e. The predicted octanol–water partition coefficient (Wildman–Crippen LogP) is 6.02. The molecule has 9 rings (SSSR count). The Labute approximate surface area is 337 Å². The first-order chi connectivity index (χ1) is 27.6. The predicted molar refractivity (Wildman–Crippen MR) is 215 cm³/mol. The number of hydrogen-bond donors (Lipinski definition) is 2. The van der Waals surface area contributed by atoms with Crippen molar-refractivity contribution in [3.8, 4) is 0 Å². The largest absolute Gasteiger partial charge is 0.372 e. The van der Waals surface area contributed by atoms with Gasteiger partial charge in [-0.2, -0.15) is 0 Å². The molecular weight excluding hydrogens is 742 g/mol. The van der Waals surface area contributed by atoms with Crippen LogP contribution in [0.4, 0.5) is 17.1 Å². The quantitative estimate of drug-likeness (QED) is 0.220. The van der Waals surface area contributed by atoms with Crippen LogP contribution < -0.4 is 20.4 Å². The molecule has 2 saturated heterocycles. The third-order valence-electron chi connectivity index (χ3n) is 13.2. The lowest BCUT2D eigenvalue weighted by Gasteiger charge is -2.39. The normalized spacial score (nSPS) is 25.0. The number of amides is 5. The highest BCUT2D eigenvalue weighted by molar-refractivity contribution is 6.34. The SMILES string of the molecule is [C-]#[N+]c1ccc2c(c1Cl)C[C@H](C)N2C1CCC(NC(=O)c2ccc(N3CCC(CN4Cc5cc6c(cc5C4)C(=O)N(C4CCC(=O)NC4=O)C6=O)CC3)cc2)CC1. The second kappa shape index (κ2) is 14.9. The van der Waals surface area contributed by atoms with Gasteiger partial charge in [-0.25, -0.2) is 4.85 Å². The van der Waals surface area contributed by atoms with Crippen LogP contribution in [0, 0.1) is 12.5 Å². The van der Waals surface area contributed by atoms with Gasteiger partial charge in [0.2, 0.25) is 17.5 Å². The number of halogens is 1. The number of nitrogens with one attached hydrogen (secondary N) is 2. The zero-order valence-corrected chi connectivity index (χ0v) is 32.8. The molecule has 0 bridgehead atoms. The molecule has 2 N–H and O–H groups in total. The second-order valence-corrected chi connectivity index (χ2v) is 17.1. The van der Waals surface area contributed by atoms with Gasteiger partial charge in [0.1, 0.15) is 6.04 Å². The minimum atomic E-state index is -0.959. The number of fused-ring (bicyclic) bond motifs is 3. The van der Waals surface area contributed by atoms with Gasteiger partial charge in [0.25, 0.3) is 17.7 Å². The molecule has 0 radical (unpaired) electrons. The molecule has 3 fully saturated rings. The first-order valence-electron chi connectivity index (χ1n) is 20.3. The van der Waals surface area contributed by atoms with E-state index in [9.17, 15) is 24.0 Å². The maximum Gasteiger partial charge on any atom is 0.262 e. The molecule has 57 heavy (non-hydrogen) atoms. The second-order valence-electron chi connectivity index (χ2n) is 16.7. The Hall–Kier alpha value is -5.25. The lowest BCUT2D eigenvalue weighted by molar-refractivity contribution is -0.136. The van der Waals surface area contributed by atoms with Crippen molar-refractivity contribution in [1.82, 2.24) is 20.4 Å². The molecule has 1 saturated carbocycles. The van der Waals surface area contributed by atoms with E-state index in [2.05, 4.69) is 55.3 Å². The fraction of sp³-hybridized carbons (Fsp3) is 0.455. The molecule has 3 aromatic carbocycles. The highest BCUT2D eigenvalue weighted by atomic mass is 35.5. The van der Waals surface area contributed by atoms with Crippen molar-refractivity contribution in [1.29, 1.82) is 0 Å². The minimum absolute atomic E-state index is 0.0285. The lowest BCUT2D eigenvalue weighted by atomic mass is 9.89. The number of carbonyl (C=O) groups excluding carboxylic acids is 5. The Morgan fingerprint density at radius 3 is 2.19 bits per heavy atom. The van der Waals surface area contributed by atoms with Crippen molar-refractivity contribution in [2.24, 2.45) is 5.92 Å². The maximum absolute atomic E-state index is 13.3. The summed E-state index contributed by atoms with van der Waals surface area (Å²) in [7, 11) is 0. The monoisotopic (exact) mass is 787 g/mol. The van der Waals surface area contributed by atoms with Crippen LogP contribution in [-0.4, -0.2) is 83.1 Å². The van der Waals surface area contributed by atoms with Gasteiger partial charge >= 0.3 is 0 Å². The molecule has 3 aromatic rings. The molecule has 294 valence electrons. The van der Waals surface area contributed by atoms with Gasteiger partial charge in [-0.05, 0) is 123 Å². The molecule has 5 amide bonds. The van der Waals surface area contributed by atoms with Crippen molar-refractivity contribution in [2.75, 3.05) is 29.4 Å². The summed E-state index contributed by atoms with van der Waals surface area (Å²) >= 11 is 6.59. The van der Waals surface area contributed by atoms with E-state index in [1.165, 1.54) is 0 Å². The highest BCUT2D eigenvalue weighted by Crippen LogP contribution is 2.44. The molecule has 12 nitrogen and oxygen atoms in total. The number of anilines is 2. The zero-order valence-electron chi connectivity index (χ0n) is 32.1. The summed E-state index contributed by atoms with van der Waals surface area (Å²) in [5.41, 5.74) is 7.32. The van der Waals surface area contributed by atoms with E-state index in [1.807, 2.05) is 30.3 Å². The van der Waals surface area contributed by atoms with E-state index in [4.69, 9.17) is 18.2 Å². The van der Waals surface area contributed by atoms with Crippen LogP contribution >= 0.6 is 11.6 Å². The number of benzene rings is 3. The van der Waals surface area contributed by atoms with Gasteiger partial charge in [-0.15, -0.1) is 0 Å². The van der Waals surface area contributed by atoms with Gasteiger partial charge in [0, 0.05) is 74.2 Å². The Morgan fingerprint density at radius 1 is 0.895 bits per heavy atom. The average Bonchev–Trinajstić information content (AvgIpc) is 3.85. The highest BCUT2D eigenvalue weighted by Gasteiger charge is 2.45. The molecule has 13 heteroatoms. The lowest BCUT2D eigenvalue weighted by Crippen LogP contribution is -2.54. The summed E-state index contributed by atoms with van der Waals surface area (Å²) in [6.07, 6.45) is 7.02. The molecule has 1 aliphatic carbocycles. The third kappa shape index (κ3) is 6.84. The van der Waals surface area contributed by atoms with Crippen molar-refractivity contribution < 1.29 is 24.0 Å². The van der Waals surface area contributed by atoms with Crippen molar-refractivity contribution >= 4 is 58.2 Å². The summed E-state index contributed by atoms with van der Waals surface area (Å²) in [4.78, 5) is 75.9. The van der Waals surface area contributed by atoms with Crippen LogP contribution in [0.2, 0.25) is 5.02 Å². The van der Waals surface area contributed by atoms with Crippen LogP contribution in [0.5, 0.6) is 0 Å². The van der Waals surface area contributed by atoms with Gasteiger partial charge in [-0.1, -0.05) is 17.7 Å². The topological polar surface area (TPSA) is 127 Å². The number of carbonyl (C=O) groups is 5. The maximum atomic E-state index is 13.3. The van der Waals surface area contributed by atoms with E-state index < -0.39 is 23.8 Å². The Bertz CT molecular complexity index is 2180. The molecule has 0 spiro atoms. The zero-order chi connectivity index (χ0) is 39.5. The molecule has 5 aliphatic heterocycles. The molecule has 1 unspecified atom stereocenters.